The summed E-state index contributed by atoms with van der Waals surface area (Å²) < 4.78 is 1.29. The number of aromatic nitrogens is 3. The molecule has 32 heavy (non-hydrogen) atoms. The molecule has 0 bridgehead atoms. The molecule has 0 atom stereocenters. The molecule has 2 aromatic carbocycles. The molecule has 0 radical (unpaired) electrons. The lowest BCUT2D eigenvalue weighted by molar-refractivity contribution is -0.115. The molecule has 3 aromatic rings. The van der Waals surface area contributed by atoms with Crippen molar-refractivity contribution in [2.24, 2.45) is 5.73 Å². The molecule has 12 heteroatoms. The first-order chi connectivity index (χ1) is 15.2. The lowest BCUT2D eigenvalue weighted by Crippen LogP contribution is -2.20. The number of halogens is 4. The number of nitrogens with one attached hydrogen (secondary N) is 1. The van der Waals surface area contributed by atoms with Gasteiger partial charge in [0.15, 0.2) is 17.3 Å². The third-order valence-electron chi connectivity index (χ3n) is 4.32. The van der Waals surface area contributed by atoms with E-state index in [1.54, 1.807) is 36.4 Å². The largest absolute Gasteiger partial charge is 0.364 e. The van der Waals surface area contributed by atoms with Crippen LogP contribution in [0.5, 0.6) is 0 Å². The molecule has 3 N–H and O–H groups in total. The predicted molar refractivity (Wildman–Crippen MR) is 126 cm³/mol. The molecule has 0 saturated carbocycles. The highest BCUT2D eigenvalue weighted by Gasteiger charge is 2.22. The van der Waals surface area contributed by atoms with Crippen LogP contribution >= 0.6 is 50.7 Å². The number of hydrogen-bond acceptors (Lipinski definition) is 5. The lowest BCUT2D eigenvalue weighted by atomic mass is 10.0. The van der Waals surface area contributed by atoms with Crippen molar-refractivity contribution in [3.05, 3.63) is 73.9 Å². The van der Waals surface area contributed by atoms with Crippen molar-refractivity contribution in [1.29, 1.82) is 0 Å². The highest BCUT2D eigenvalue weighted by molar-refractivity contribution is 9.09. The third kappa shape index (κ3) is 5.47. The van der Waals surface area contributed by atoms with E-state index < -0.39 is 5.91 Å². The number of nitrogens with two attached hydrogens (primary N) is 1. The van der Waals surface area contributed by atoms with E-state index in [4.69, 9.17) is 40.5 Å². The van der Waals surface area contributed by atoms with Crippen molar-refractivity contribution in [3.8, 4) is 0 Å². The normalized spacial score (nSPS) is 10.8. The summed E-state index contributed by atoms with van der Waals surface area (Å²) >= 11 is 21.8. The van der Waals surface area contributed by atoms with Crippen molar-refractivity contribution in [2.45, 2.75) is 13.0 Å². The van der Waals surface area contributed by atoms with Gasteiger partial charge in [0.2, 0.25) is 5.91 Å². The minimum absolute atomic E-state index is 0.0528. The summed E-state index contributed by atoms with van der Waals surface area (Å²) in [5.41, 5.74) is 6.23. The summed E-state index contributed by atoms with van der Waals surface area (Å²) in [7, 11) is 0. The van der Waals surface area contributed by atoms with Crippen LogP contribution in [0.3, 0.4) is 0 Å². The van der Waals surface area contributed by atoms with Gasteiger partial charge in [0, 0.05) is 22.3 Å². The van der Waals surface area contributed by atoms with Crippen LogP contribution in [0.1, 0.15) is 38.4 Å². The van der Waals surface area contributed by atoms with Crippen molar-refractivity contribution >= 4 is 74.1 Å². The van der Waals surface area contributed by atoms with E-state index in [-0.39, 0.29) is 51.8 Å². The second kappa shape index (κ2) is 10.4. The number of alkyl halides is 1. The molecule has 1 heterocycles. The average molecular weight is 560 g/mol. The first kappa shape index (κ1) is 24.2. The Morgan fingerprint density at radius 1 is 1.06 bits per heavy atom. The van der Waals surface area contributed by atoms with E-state index >= 15 is 0 Å². The predicted octanol–water partition coefficient (Wildman–Crippen LogP) is 4.34. The number of primary amides is 1. The number of benzene rings is 2. The second-order valence-electron chi connectivity index (χ2n) is 6.57. The van der Waals surface area contributed by atoms with E-state index in [1.165, 1.54) is 4.68 Å². The van der Waals surface area contributed by atoms with Crippen molar-refractivity contribution < 1.29 is 14.4 Å². The zero-order valence-corrected chi connectivity index (χ0v) is 20.1. The maximum absolute atomic E-state index is 12.8. The SMILES string of the molecule is NC(=O)c1nnn(Cc2cc(Cl)c(C(=O)c3ccc(Cl)cc3)c(Cl)c2)c1NC(=O)CCBr. The minimum Gasteiger partial charge on any atom is -0.364 e. The highest BCUT2D eigenvalue weighted by atomic mass is 79.9. The van der Waals surface area contributed by atoms with Gasteiger partial charge in [-0.3, -0.25) is 14.4 Å². The Morgan fingerprint density at radius 3 is 2.25 bits per heavy atom. The third-order valence-corrected chi connectivity index (χ3v) is 5.56. The number of rotatable bonds is 8. The van der Waals surface area contributed by atoms with Gasteiger partial charge in [0.25, 0.3) is 5.91 Å². The molecule has 3 rings (SSSR count). The minimum atomic E-state index is -0.842. The maximum atomic E-state index is 12.8. The van der Waals surface area contributed by atoms with Gasteiger partial charge in [-0.05, 0) is 42.0 Å². The molecule has 0 aliphatic carbocycles. The molecule has 0 spiro atoms. The molecule has 0 fully saturated rings. The summed E-state index contributed by atoms with van der Waals surface area (Å²) in [4.78, 5) is 36.5. The summed E-state index contributed by atoms with van der Waals surface area (Å²) in [6.45, 7) is 0.0546. The highest BCUT2D eigenvalue weighted by Crippen LogP contribution is 2.30. The quantitative estimate of drug-likeness (QED) is 0.314. The van der Waals surface area contributed by atoms with Crippen LogP contribution in [0.25, 0.3) is 0 Å². The Morgan fingerprint density at radius 2 is 1.69 bits per heavy atom. The number of amides is 2. The van der Waals surface area contributed by atoms with E-state index in [0.29, 0.717) is 21.5 Å². The summed E-state index contributed by atoms with van der Waals surface area (Å²) in [6, 6.07) is 9.44. The number of nitrogens with zero attached hydrogens (tertiary/aromatic N) is 3. The number of anilines is 1. The molecule has 8 nitrogen and oxygen atoms in total. The lowest BCUT2D eigenvalue weighted by Gasteiger charge is -2.12. The molecule has 0 aliphatic rings. The van der Waals surface area contributed by atoms with E-state index in [2.05, 4.69) is 31.6 Å². The number of ketones is 1. The van der Waals surface area contributed by atoms with Gasteiger partial charge < -0.3 is 11.1 Å². The van der Waals surface area contributed by atoms with Gasteiger partial charge in [0.1, 0.15) is 0 Å². The van der Waals surface area contributed by atoms with Crippen molar-refractivity contribution in [2.75, 3.05) is 10.6 Å². The van der Waals surface area contributed by atoms with E-state index in [9.17, 15) is 14.4 Å². The number of hydrogen-bond donors (Lipinski definition) is 2. The zero-order valence-electron chi connectivity index (χ0n) is 16.2. The zero-order chi connectivity index (χ0) is 23.4. The first-order valence-corrected chi connectivity index (χ1v) is 11.3. The van der Waals surface area contributed by atoms with Gasteiger partial charge in [-0.2, -0.15) is 0 Å². The summed E-state index contributed by atoms with van der Waals surface area (Å²) in [6.07, 6.45) is 0.169. The molecule has 0 saturated heterocycles. The van der Waals surface area contributed by atoms with Crippen LogP contribution in [-0.2, 0) is 11.3 Å². The molecular formula is C20H15BrCl3N5O3. The average Bonchev–Trinajstić information content (AvgIpc) is 3.10. The van der Waals surface area contributed by atoms with E-state index in [1.807, 2.05) is 0 Å². The van der Waals surface area contributed by atoms with Crippen molar-refractivity contribution in [1.82, 2.24) is 15.0 Å². The smallest absolute Gasteiger partial charge is 0.273 e. The Labute approximate surface area is 206 Å². The Bertz CT molecular complexity index is 1170. The molecule has 1 aromatic heterocycles. The van der Waals surface area contributed by atoms with Gasteiger partial charge in [0.05, 0.1) is 22.2 Å². The van der Waals surface area contributed by atoms with Gasteiger partial charge >= 0.3 is 0 Å². The standard InChI is InChI=1S/C20H15BrCl3N5O3/c21-6-5-15(30)26-20-17(19(25)32)27-28-29(20)9-10-7-13(23)16(14(24)8-10)18(31)11-1-3-12(22)4-2-11/h1-4,7-8H,5-6,9H2,(H2,25,32)(H,26,30). The Hall–Kier alpha value is -2.46. The van der Waals surface area contributed by atoms with Crippen LogP contribution in [0.15, 0.2) is 36.4 Å². The fourth-order valence-electron chi connectivity index (χ4n) is 2.85. The summed E-state index contributed by atoms with van der Waals surface area (Å²) in [5.74, 6) is -1.50. The topological polar surface area (TPSA) is 120 Å². The van der Waals surface area contributed by atoms with Gasteiger partial charge in [-0.15, -0.1) is 5.10 Å². The van der Waals surface area contributed by atoms with Crippen LogP contribution < -0.4 is 11.1 Å². The monoisotopic (exact) mass is 557 g/mol. The fraction of sp³-hybridized carbons (Fsp3) is 0.150. The molecule has 0 unspecified atom stereocenters. The van der Waals surface area contributed by atoms with Gasteiger partial charge in [-0.25, -0.2) is 4.68 Å². The van der Waals surface area contributed by atoms with E-state index in [0.717, 1.165) is 0 Å². The fourth-order valence-corrected chi connectivity index (χ4v) is 4.04. The van der Waals surface area contributed by atoms with Crippen LogP contribution in [-0.4, -0.2) is 37.9 Å². The Balaban J connectivity index is 1.92. The molecule has 0 aliphatic heterocycles. The van der Waals surface area contributed by atoms with Gasteiger partial charge in [-0.1, -0.05) is 55.9 Å². The number of carbonyl (C=O) groups is 3. The number of carbonyl (C=O) groups excluding carboxylic acids is 3. The van der Waals surface area contributed by atoms with Crippen molar-refractivity contribution in [3.63, 3.8) is 0 Å². The molecule has 2 amide bonds. The molecule has 166 valence electrons. The first-order valence-electron chi connectivity index (χ1n) is 9.08. The second-order valence-corrected chi connectivity index (χ2v) is 8.61. The van der Waals surface area contributed by atoms with Crippen LogP contribution in [0.2, 0.25) is 15.1 Å². The van der Waals surface area contributed by atoms with Crippen LogP contribution in [0, 0.1) is 0 Å². The summed E-state index contributed by atoms with van der Waals surface area (Å²) in [5, 5.41) is 11.4. The Kier molecular flexibility index (Phi) is 7.89. The van der Waals surface area contributed by atoms with Crippen LogP contribution in [0.4, 0.5) is 5.82 Å². The molecular weight excluding hydrogens is 545 g/mol. The maximum Gasteiger partial charge on any atom is 0.273 e.